The highest BCUT2D eigenvalue weighted by molar-refractivity contribution is 5.92. The van der Waals surface area contributed by atoms with Gasteiger partial charge in [-0.05, 0) is 55.7 Å². The van der Waals surface area contributed by atoms with Gasteiger partial charge in [0.1, 0.15) is 5.82 Å². The normalized spacial score (nSPS) is 16.6. The van der Waals surface area contributed by atoms with Crippen molar-refractivity contribution in [3.63, 3.8) is 0 Å². The molecule has 1 atom stereocenters. The van der Waals surface area contributed by atoms with E-state index in [4.69, 9.17) is 14.5 Å². The van der Waals surface area contributed by atoms with Crippen LogP contribution in [0.5, 0.6) is 11.5 Å². The first-order valence-corrected chi connectivity index (χ1v) is 9.93. The van der Waals surface area contributed by atoms with Crippen LogP contribution < -0.4 is 9.47 Å². The van der Waals surface area contributed by atoms with Crippen LogP contribution in [-0.4, -0.2) is 41.0 Å². The molecule has 1 aliphatic heterocycles. The lowest BCUT2D eigenvalue weighted by molar-refractivity contribution is -0.126. The number of benzene rings is 2. The van der Waals surface area contributed by atoms with Crippen molar-refractivity contribution in [2.75, 3.05) is 20.3 Å². The predicted molar refractivity (Wildman–Crippen MR) is 113 cm³/mol. The molecule has 0 saturated carbocycles. The van der Waals surface area contributed by atoms with E-state index in [2.05, 4.69) is 4.98 Å². The molecule has 1 N–H and O–H groups in total. The van der Waals surface area contributed by atoms with Gasteiger partial charge in [-0.2, -0.15) is 0 Å². The molecule has 29 heavy (non-hydrogen) atoms. The molecule has 0 spiro atoms. The van der Waals surface area contributed by atoms with E-state index in [1.54, 1.807) is 13.2 Å². The number of hydrogen-bond donors (Lipinski definition) is 1. The third kappa shape index (κ3) is 3.97. The van der Waals surface area contributed by atoms with Gasteiger partial charge in [-0.25, -0.2) is 4.98 Å². The van der Waals surface area contributed by atoms with Crippen molar-refractivity contribution in [2.45, 2.75) is 25.8 Å². The number of nitrogens with zero attached hydrogens (tertiary/aromatic N) is 2. The Bertz CT molecular complexity index is 1010. The van der Waals surface area contributed by atoms with Gasteiger partial charge in [0.05, 0.1) is 30.8 Å². The van der Waals surface area contributed by atoms with E-state index in [9.17, 15) is 4.79 Å². The number of carbonyl (C=O) groups excluding carboxylic acids is 1. The van der Waals surface area contributed by atoms with Crippen LogP contribution in [0.25, 0.3) is 17.1 Å². The first-order valence-electron chi connectivity index (χ1n) is 9.93. The average Bonchev–Trinajstić information content (AvgIpc) is 3.39. The summed E-state index contributed by atoms with van der Waals surface area (Å²) in [6, 6.07) is 13.6. The van der Waals surface area contributed by atoms with Crippen molar-refractivity contribution in [1.82, 2.24) is 14.9 Å². The molecule has 1 saturated heterocycles. The summed E-state index contributed by atoms with van der Waals surface area (Å²) in [4.78, 5) is 22.8. The lowest BCUT2D eigenvalue weighted by atomic mass is 10.1. The summed E-state index contributed by atoms with van der Waals surface area (Å²) in [5, 5.41) is 0. The predicted octanol–water partition coefficient (Wildman–Crippen LogP) is 4.35. The van der Waals surface area contributed by atoms with Gasteiger partial charge in [-0.3, -0.25) is 4.79 Å². The molecule has 150 valence electrons. The van der Waals surface area contributed by atoms with Crippen LogP contribution in [0.4, 0.5) is 0 Å². The Balaban J connectivity index is 1.52. The fourth-order valence-electron chi connectivity index (χ4n) is 3.77. The number of nitrogens with one attached hydrogen (secondary N) is 1. The number of likely N-dealkylation sites (tertiary alicyclic amines) is 1. The molecule has 6 nitrogen and oxygen atoms in total. The minimum atomic E-state index is -0.0191. The summed E-state index contributed by atoms with van der Waals surface area (Å²) in [6.07, 6.45) is 5.32. The van der Waals surface area contributed by atoms with E-state index in [1.165, 1.54) is 0 Å². The van der Waals surface area contributed by atoms with E-state index in [1.807, 2.05) is 60.4 Å². The molecule has 1 fully saturated rings. The second-order valence-corrected chi connectivity index (χ2v) is 7.01. The average molecular weight is 391 g/mol. The van der Waals surface area contributed by atoms with Crippen LogP contribution in [0, 0.1) is 0 Å². The number of methoxy groups -OCH3 is 1. The number of carbonyl (C=O) groups is 1. The Labute approximate surface area is 170 Å². The number of ether oxygens (including phenoxy) is 2. The van der Waals surface area contributed by atoms with Crippen LogP contribution in [0.2, 0.25) is 0 Å². The number of imidazole rings is 1. The molecule has 2 aromatic carbocycles. The zero-order valence-electron chi connectivity index (χ0n) is 16.7. The largest absolute Gasteiger partial charge is 0.493 e. The second kappa shape index (κ2) is 8.39. The maximum Gasteiger partial charge on any atom is 0.247 e. The highest BCUT2D eigenvalue weighted by Crippen LogP contribution is 2.32. The zero-order chi connectivity index (χ0) is 20.2. The van der Waals surface area contributed by atoms with Crippen LogP contribution in [-0.2, 0) is 4.79 Å². The van der Waals surface area contributed by atoms with E-state index < -0.39 is 0 Å². The third-order valence-corrected chi connectivity index (χ3v) is 5.17. The van der Waals surface area contributed by atoms with Gasteiger partial charge in [0, 0.05) is 12.6 Å². The molecule has 0 aliphatic carbocycles. The van der Waals surface area contributed by atoms with Crippen LogP contribution >= 0.6 is 0 Å². The highest BCUT2D eigenvalue weighted by atomic mass is 16.5. The van der Waals surface area contributed by atoms with Gasteiger partial charge in [-0.1, -0.05) is 18.2 Å². The molecule has 6 heteroatoms. The minimum Gasteiger partial charge on any atom is -0.493 e. The molecule has 1 amide bonds. The molecule has 1 unspecified atom stereocenters. The van der Waals surface area contributed by atoms with Crippen molar-refractivity contribution < 1.29 is 14.3 Å². The summed E-state index contributed by atoms with van der Waals surface area (Å²) in [7, 11) is 1.61. The van der Waals surface area contributed by atoms with Gasteiger partial charge in [-0.15, -0.1) is 0 Å². The Morgan fingerprint density at radius 2 is 2.14 bits per heavy atom. The van der Waals surface area contributed by atoms with Crippen molar-refractivity contribution in [3.05, 3.63) is 59.9 Å². The number of hydrogen-bond acceptors (Lipinski definition) is 4. The van der Waals surface area contributed by atoms with Crippen LogP contribution in [0.1, 0.15) is 37.2 Å². The molecule has 4 rings (SSSR count). The number of rotatable bonds is 6. The van der Waals surface area contributed by atoms with E-state index >= 15 is 0 Å². The number of fused-ring (bicyclic) bond motifs is 1. The summed E-state index contributed by atoms with van der Waals surface area (Å²) in [5.74, 6) is 2.20. The SMILES string of the molecule is CCOc1cc(/C=C/C(=O)N2CCCC2c2nc3ccccc3[nH]2)ccc1OC. The van der Waals surface area contributed by atoms with E-state index in [-0.39, 0.29) is 11.9 Å². The quantitative estimate of drug-likeness (QED) is 0.635. The third-order valence-electron chi connectivity index (χ3n) is 5.17. The minimum absolute atomic E-state index is 0.0123. The molecule has 3 aromatic rings. The highest BCUT2D eigenvalue weighted by Gasteiger charge is 2.31. The lowest BCUT2D eigenvalue weighted by Gasteiger charge is -2.21. The second-order valence-electron chi connectivity index (χ2n) is 7.01. The standard InChI is InChI=1S/C23H25N3O3/c1-3-29-21-15-16(10-12-20(21)28-2)11-13-22(27)26-14-6-9-19(26)23-24-17-7-4-5-8-18(17)25-23/h4-5,7-8,10-13,15,19H,3,6,9,14H2,1-2H3,(H,24,25)/b13-11+. The number of amides is 1. The smallest absolute Gasteiger partial charge is 0.247 e. The number of para-hydroxylation sites is 2. The first kappa shape index (κ1) is 19.1. The molecule has 0 radical (unpaired) electrons. The first-order chi connectivity index (χ1) is 14.2. The van der Waals surface area contributed by atoms with Gasteiger partial charge < -0.3 is 19.4 Å². The Morgan fingerprint density at radius 3 is 2.93 bits per heavy atom. The van der Waals surface area contributed by atoms with Gasteiger partial charge >= 0.3 is 0 Å². The van der Waals surface area contributed by atoms with Gasteiger partial charge in [0.2, 0.25) is 5.91 Å². The molecular weight excluding hydrogens is 366 g/mol. The van der Waals surface area contributed by atoms with Crippen molar-refractivity contribution in [1.29, 1.82) is 0 Å². The van der Waals surface area contributed by atoms with Crippen molar-refractivity contribution in [2.24, 2.45) is 0 Å². The van der Waals surface area contributed by atoms with Crippen molar-refractivity contribution in [3.8, 4) is 11.5 Å². The van der Waals surface area contributed by atoms with E-state index in [0.717, 1.165) is 41.8 Å². The fraction of sp³-hybridized carbons (Fsp3) is 0.304. The Morgan fingerprint density at radius 1 is 1.28 bits per heavy atom. The number of aromatic amines is 1. The molecule has 1 aliphatic rings. The van der Waals surface area contributed by atoms with Gasteiger partial charge in [0.15, 0.2) is 11.5 Å². The summed E-state index contributed by atoms with van der Waals surface area (Å²) >= 11 is 0. The van der Waals surface area contributed by atoms with Crippen LogP contribution in [0.3, 0.4) is 0 Å². The maximum absolute atomic E-state index is 12.9. The Kier molecular flexibility index (Phi) is 5.51. The molecular formula is C23H25N3O3. The Hall–Kier alpha value is -3.28. The van der Waals surface area contributed by atoms with E-state index in [0.29, 0.717) is 18.1 Å². The summed E-state index contributed by atoms with van der Waals surface area (Å²) in [6.45, 7) is 3.21. The summed E-state index contributed by atoms with van der Waals surface area (Å²) in [5.41, 5.74) is 2.82. The number of H-pyrrole nitrogens is 1. The topological polar surface area (TPSA) is 67.5 Å². The maximum atomic E-state index is 12.9. The zero-order valence-corrected chi connectivity index (χ0v) is 16.7. The summed E-state index contributed by atoms with van der Waals surface area (Å²) < 4.78 is 10.9. The fourth-order valence-corrected chi connectivity index (χ4v) is 3.77. The lowest BCUT2D eigenvalue weighted by Crippen LogP contribution is -2.29. The van der Waals surface area contributed by atoms with Crippen LogP contribution in [0.15, 0.2) is 48.5 Å². The molecule has 2 heterocycles. The monoisotopic (exact) mass is 391 g/mol. The number of aromatic nitrogens is 2. The molecule has 0 bridgehead atoms. The molecule has 1 aromatic heterocycles. The van der Waals surface area contributed by atoms with Gasteiger partial charge in [0.25, 0.3) is 0 Å². The van der Waals surface area contributed by atoms with Crippen molar-refractivity contribution >= 4 is 23.0 Å².